The first-order valence-electron chi connectivity index (χ1n) is 6.13. The van der Waals surface area contributed by atoms with Crippen molar-refractivity contribution in [2.24, 2.45) is 0 Å². The second kappa shape index (κ2) is 10.0. The first-order chi connectivity index (χ1) is 7.81. The SMILES string of the molecule is CCOP(=O)(OCC)[C-](CCCCl)[Si](C)(C)C.[Li+]. The quantitative estimate of drug-likeness (QED) is 0.281. The second-order valence-electron chi connectivity index (χ2n) is 4.82. The third-order valence-corrected chi connectivity index (χ3v) is 9.51. The number of hydrogen-bond acceptors (Lipinski definition) is 3. The minimum atomic E-state index is -3.06. The maximum atomic E-state index is 12.8. The molecule has 0 saturated heterocycles. The fourth-order valence-corrected chi connectivity index (χ4v) is 7.92. The van der Waals surface area contributed by atoms with Gasteiger partial charge in [0.25, 0.3) is 0 Å². The Morgan fingerprint density at radius 3 is 1.89 bits per heavy atom. The van der Waals surface area contributed by atoms with Gasteiger partial charge >= 0.3 is 18.9 Å². The molecule has 0 fully saturated rings. The van der Waals surface area contributed by atoms with Crippen molar-refractivity contribution in [2.75, 3.05) is 19.1 Å². The smallest absolute Gasteiger partial charge is 0.331 e. The molecule has 7 heteroatoms. The van der Waals surface area contributed by atoms with Crippen molar-refractivity contribution in [3.05, 3.63) is 5.28 Å². The zero-order valence-corrected chi connectivity index (χ0v) is 15.2. The van der Waals surface area contributed by atoms with Crippen LogP contribution in [0.15, 0.2) is 0 Å². The van der Waals surface area contributed by atoms with Crippen LogP contribution in [0.25, 0.3) is 0 Å². The summed E-state index contributed by atoms with van der Waals surface area (Å²) in [5, 5.41) is 0.981. The molecule has 0 bridgehead atoms. The summed E-state index contributed by atoms with van der Waals surface area (Å²) in [7, 11) is -4.75. The Labute approximate surface area is 130 Å². The van der Waals surface area contributed by atoms with Crippen LogP contribution >= 0.6 is 19.2 Å². The predicted molar refractivity (Wildman–Crippen MR) is 77.4 cm³/mol. The number of rotatable bonds is 9. The molecule has 18 heavy (non-hydrogen) atoms. The van der Waals surface area contributed by atoms with Gasteiger partial charge in [0.05, 0.1) is 13.2 Å². The molecule has 0 unspecified atom stereocenters. The molecule has 0 spiro atoms. The molecule has 0 atom stereocenters. The summed E-state index contributed by atoms with van der Waals surface area (Å²) in [5.41, 5.74) is 0. The number of hydrogen-bond donors (Lipinski definition) is 0. The van der Waals surface area contributed by atoms with E-state index in [9.17, 15) is 4.57 Å². The summed E-state index contributed by atoms with van der Waals surface area (Å²) in [4.78, 5) is 0. The summed E-state index contributed by atoms with van der Waals surface area (Å²) in [6.07, 6.45) is 1.57. The van der Waals surface area contributed by atoms with Crippen molar-refractivity contribution in [3.8, 4) is 0 Å². The van der Waals surface area contributed by atoms with Crippen LogP contribution in [0, 0.1) is 5.28 Å². The van der Waals surface area contributed by atoms with E-state index in [1.807, 2.05) is 13.8 Å². The first kappa shape index (κ1) is 21.6. The third kappa shape index (κ3) is 7.15. The Morgan fingerprint density at radius 1 is 1.17 bits per heavy atom. The summed E-state index contributed by atoms with van der Waals surface area (Å²) < 4.78 is 23.7. The summed E-state index contributed by atoms with van der Waals surface area (Å²) in [6.45, 7) is 11.0. The van der Waals surface area contributed by atoms with E-state index in [1.165, 1.54) is 0 Å². The van der Waals surface area contributed by atoms with Crippen LogP contribution in [0.5, 0.6) is 0 Å². The van der Waals surface area contributed by atoms with E-state index < -0.39 is 15.7 Å². The average molecular weight is 307 g/mol. The van der Waals surface area contributed by atoms with Gasteiger partial charge in [0, 0.05) is 5.88 Å². The van der Waals surface area contributed by atoms with Gasteiger partial charge in [0.15, 0.2) is 7.60 Å². The molecule has 0 N–H and O–H groups in total. The Balaban J connectivity index is 0. The van der Waals surface area contributed by atoms with Gasteiger partial charge < -0.3 is 9.05 Å². The first-order valence-corrected chi connectivity index (χ1v) is 11.7. The molecule has 0 rings (SSSR count). The Bertz CT molecular complexity index is 251. The van der Waals surface area contributed by atoms with Crippen LogP contribution in [0.1, 0.15) is 26.7 Å². The summed E-state index contributed by atoms with van der Waals surface area (Å²) in [6, 6.07) is 0. The van der Waals surface area contributed by atoms with Gasteiger partial charge in [-0.15, -0.1) is 11.6 Å². The van der Waals surface area contributed by atoms with Crippen LogP contribution in [0.3, 0.4) is 0 Å². The molecule has 0 aromatic rings. The second-order valence-corrected chi connectivity index (χ2v) is 12.8. The maximum absolute atomic E-state index is 12.8. The van der Waals surface area contributed by atoms with E-state index in [-0.39, 0.29) is 18.9 Å². The minimum absolute atomic E-state index is 0. The van der Waals surface area contributed by atoms with E-state index in [4.69, 9.17) is 20.6 Å². The summed E-state index contributed by atoms with van der Waals surface area (Å²) >= 11 is 5.73. The van der Waals surface area contributed by atoms with E-state index in [0.717, 1.165) is 18.1 Å². The molecule has 0 heterocycles. The van der Waals surface area contributed by atoms with Crippen LogP contribution in [0.2, 0.25) is 19.6 Å². The molecule has 0 saturated carbocycles. The fourth-order valence-electron chi connectivity index (χ4n) is 1.69. The normalized spacial score (nSPS) is 12.6. The monoisotopic (exact) mass is 306 g/mol. The molecule has 0 radical (unpaired) electrons. The number of alkyl halides is 1. The molecule has 3 nitrogen and oxygen atoms in total. The van der Waals surface area contributed by atoms with Gasteiger partial charge in [0.2, 0.25) is 0 Å². The zero-order valence-electron chi connectivity index (χ0n) is 12.6. The van der Waals surface area contributed by atoms with Crippen molar-refractivity contribution in [1.82, 2.24) is 0 Å². The predicted octanol–water partition coefficient (Wildman–Crippen LogP) is 1.68. The van der Waals surface area contributed by atoms with E-state index in [2.05, 4.69) is 19.6 Å². The van der Waals surface area contributed by atoms with Crippen molar-refractivity contribution in [1.29, 1.82) is 0 Å². The Kier molecular flexibility index (Phi) is 12.0. The Morgan fingerprint density at radius 2 is 1.61 bits per heavy atom. The van der Waals surface area contributed by atoms with Gasteiger partial charge in [-0.3, -0.25) is 4.57 Å². The van der Waals surface area contributed by atoms with Crippen molar-refractivity contribution in [3.63, 3.8) is 0 Å². The van der Waals surface area contributed by atoms with Gasteiger partial charge in [-0.1, -0.05) is 34.1 Å². The van der Waals surface area contributed by atoms with Gasteiger partial charge in [-0.05, 0) is 13.8 Å². The molecule has 0 aliphatic rings. The van der Waals surface area contributed by atoms with Gasteiger partial charge in [-0.25, -0.2) is 0 Å². The fraction of sp³-hybridized carbons (Fsp3) is 0.909. The minimum Gasteiger partial charge on any atom is -0.331 e. The van der Waals surface area contributed by atoms with Crippen LogP contribution in [-0.2, 0) is 13.6 Å². The van der Waals surface area contributed by atoms with Crippen LogP contribution in [-0.4, -0.2) is 27.2 Å². The maximum Gasteiger partial charge on any atom is 1.00 e. The molecule has 0 aliphatic heterocycles. The van der Waals surface area contributed by atoms with Crippen molar-refractivity contribution < 1.29 is 32.5 Å². The molecule has 0 aliphatic carbocycles. The molecule has 0 amide bonds. The Hall–Kier alpha value is 1.25. The average Bonchev–Trinajstić information content (AvgIpc) is 2.16. The molecule has 0 aromatic carbocycles. The van der Waals surface area contributed by atoms with Crippen LogP contribution < -0.4 is 18.9 Å². The zero-order chi connectivity index (χ0) is 13.5. The standard InChI is InChI=1S/C11H25ClO3PSi.Li/c1-6-14-16(13,15-7-2)11(9-8-10-12)17(3,4)5;/h6-10H2,1-5H3;/q-1;+1. The third-order valence-electron chi connectivity index (χ3n) is 2.34. The molecule has 0 aromatic heterocycles. The topological polar surface area (TPSA) is 35.5 Å². The molecular weight excluding hydrogens is 282 g/mol. The van der Waals surface area contributed by atoms with E-state index >= 15 is 0 Å². The molecular formula is C11H25ClLiO3PSi. The van der Waals surface area contributed by atoms with Gasteiger partial charge in [0.1, 0.15) is 0 Å². The summed E-state index contributed by atoms with van der Waals surface area (Å²) in [5.74, 6) is 0.576. The van der Waals surface area contributed by atoms with E-state index in [1.54, 1.807) is 0 Å². The van der Waals surface area contributed by atoms with Crippen molar-refractivity contribution in [2.45, 2.75) is 46.3 Å². The number of halogens is 1. The molecule has 104 valence electrons. The van der Waals surface area contributed by atoms with Crippen LogP contribution in [0.4, 0.5) is 0 Å². The van der Waals surface area contributed by atoms with E-state index in [0.29, 0.717) is 19.1 Å². The van der Waals surface area contributed by atoms with Gasteiger partial charge in [-0.2, -0.15) is 11.7 Å². The largest absolute Gasteiger partial charge is 1.00 e. The van der Waals surface area contributed by atoms with Crippen molar-refractivity contribution >= 4 is 27.3 Å².